The Labute approximate surface area is 61.9 Å². The van der Waals surface area contributed by atoms with Gasteiger partial charge in [-0.05, 0) is 20.3 Å². The van der Waals surface area contributed by atoms with Crippen LogP contribution in [0.3, 0.4) is 0 Å². The highest BCUT2D eigenvalue weighted by Gasteiger charge is 2.02. The fourth-order valence-corrected chi connectivity index (χ4v) is 1.03. The summed E-state index contributed by atoms with van der Waals surface area (Å²) in [7, 11) is 0. The number of aromatic nitrogens is 2. The van der Waals surface area contributed by atoms with Gasteiger partial charge in [-0.25, -0.2) is 4.98 Å². The molecule has 0 saturated carbocycles. The van der Waals surface area contributed by atoms with E-state index in [1.807, 2.05) is 12.5 Å². The lowest BCUT2D eigenvalue weighted by Gasteiger charge is -2.11. The summed E-state index contributed by atoms with van der Waals surface area (Å²) in [6.45, 7) is 6.47. The van der Waals surface area contributed by atoms with Crippen LogP contribution in [0.5, 0.6) is 0 Å². The Bertz CT molecular complexity index is 203. The van der Waals surface area contributed by atoms with Gasteiger partial charge in [-0.2, -0.15) is 0 Å². The predicted octanol–water partition coefficient (Wildman–Crippen LogP) is 2.16. The number of rotatable bonds is 2. The third-order valence-corrected chi connectivity index (χ3v) is 1.93. The van der Waals surface area contributed by atoms with Crippen LogP contribution < -0.4 is 0 Å². The van der Waals surface area contributed by atoms with Gasteiger partial charge in [0.05, 0.1) is 6.33 Å². The Kier molecular flexibility index (Phi) is 2.10. The van der Waals surface area contributed by atoms with Crippen molar-refractivity contribution in [2.24, 2.45) is 0 Å². The smallest absolute Gasteiger partial charge is 0.0950 e. The van der Waals surface area contributed by atoms with Gasteiger partial charge in [-0.1, -0.05) is 6.92 Å². The van der Waals surface area contributed by atoms with Crippen molar-refractivity contribution in [3.63, 3.8) is 0 Å². The molecule has 1 rings (SSSR count). The number of aryl methyl sites for hydroxylation is 1. The summed E-state index contributed by atoms with van der Waals surface area (Å²) in [6, 6.07) is 0.586. The molecule has 0 spiro atoms. The summed E-state index contributed by atoms with van der Waals surface area (Å²) in [6.07, 6.45) is 4.95. The summed E-state index contributed by atoms with van der Waals surface area (Å²) in [5.74, 6) is 0. The number of nitrogens with zero attached hydrogens (tertiary/aromatic N) is 2. The molecule has 1 aromatic heterocycles. The zero-order chi connectivity index (χ0) is 7.56. The molecule has 1 unspecified atom stereocenters. The van der Waals surface area contributed by atoms with Crippen LogP contribution in [0.15, 0.2) is 12.5 Å². The number of hydrogen-bond donors (Lipinski definition) is 0. The molecule has 0 aliphatic rings. The molecule has 0 bridgehead atoms. The quantitative estimate of drug-likeness (QED) is 0.612. The molecule has 2 heteroatoms. The molecule has 1 atom stereocenters. The van der Waals surface area contributed by atoms with E-state index in [9.17, 15) is 0 Å². The highest BCUT2D eigenvalue weighted by Crippen LogP contribution is 2.11. The van der Waals surface area contributed by atoms with E-state index in [1.165, 1.54) is 5.69 Å². The Morgan fingerprint density at radius 1 is 1.70 bits per heavy atom. The maximum atomic E-state index is 4.05. The number of hydrogen-bond acceptors (Lipinski definition) is 1. The van der Waals surface area contributed by atoms with Gasteiger partial charge in [0.15, 0.2) is 0 Å². The van der Waals surface area contributed by atoms with Crippen molar-refractivity contribution in [2.45, 2.75) is 33.2 Å². The molecule has 1 aromatic rings. The van der Waals surface area contributed by atoms with Gasteiger partial charge >= 0.3 is 0 Å². The Balaban J connectivity index is 2.82. The van der Waals surface area contributed by atoms with Crippen LogP contribution in [0.4, 0.5) is 0 Å². The van der Waals surface area contributed by atoms with Crippen molar-refractivity contribution >= 4 is 0 Å². The zero-order valence-electron chi connectivity index (χ0n) is 6.83. The van der Waals surface area contributed by atoms with Gasteiger partial charge < -0.3 is 4.57 Å². The van der Waals surface area contributed by atoms with Crippen molar-refractivity contribution < 1.29 is 0 Å². The molecule has 2 nitrogen and oxygen atoms in total. The van der Waals surface area contributed by atoms with E-state index < -0.39 is 0 Å². The minimum atomic E-state index is 0.586. The first-order chi connectivity index (χ1) is 4.75. The monoisotopic (exact) mass is 138 g/mol. The molecule has 56 valence electrons. The topological polar surface area (TPSA) is 17.8 Å². The molecule has 0 fully saturated rings. The van der Waals surface area contributed by atoms with E-state index in [4.69, 9.17) is 0 Å². The van der Waals surface area contributed by atoms with E-state index in [1.54, 1.807) is 0 Å². The highest BCUT2D eigenvalue weighted by molar-refractivity contribution is 4.95. The molecule has 0 N–H and O–H groups in total. The molecule has 0 radical (unpaired) electrons. The standard InChI is InChI=1S/C8H14N2/c1-4-7(2)10-6-9-5-8(10)3/h5-7H,4H2,1-3H3. The lowest BCUT2D eigenvalue weighted by atomic mass is 10.2. The van der Waals surface area contributed by atoms with E-state index in [2.05, 4.69) is 30.3 Å². The van der Waals surface area contributed by atoms with E-state index in [0.717, 1.165) is 6.42 Å². The van der Waals surface area contributed by atoms with E-state index in [0.29, 0.717) is 6.04 Å². The SMILES string of the molecule is CCC(C)n1cncc1C. The van der Waals surface area contributed by atoms with Crippen molar-refractivity contribution in [3.8, 4) is 0 Å². The maximum Gasteiger partial charge on any atom is 0.0950 e. The fraction of sp³-hybridized carbons (Fsp3) is 0.625. The van der Waals surface area contributed by atoms with Gasteiger partial charge in [0.1, 0.15) is 0 Å². The summed E-state index contributed by atoms with van der Waals surface area (Å²) in [4.78, 5) is 4.05. The molecule has 0 aliphatic carbocycles. The molecule has 0 saturated heterocycles. The van der Waals surface area contributed by atoms with Crippen molar-refractivity contribution in [1.29, 1.82) is 0 Å². The zero-order valence-corrected chi connectivity index (χ0v) is 6.83. The van der Waals surface area contributed by atoms with Crippen LogP contribution in [-0.4, -0.2) is 9.55 Å². The largest absolute Gasteiger partial charge is 0.332 e. The van der Waals surface area contributed by atoms with Crippen LogP contribution in [0.25, 0.3) is 0 Å². The Morgan fingerprint density at radius 3 is 2.80 bits per heavy atom. The van der Waals surface area contributed by atoms with Crippen molar-refractivity contribution in [1.82, 2.24) is 9.55 Å². The van der Waals surface area contributed by atoms with Crippen molar-refractivity contribution in [2.75, 3.05) is 0 Å². The fourth-order valence-electron chi connectivity index (χ4n) is 1.03. The van der Waals surface area contributed by atoms with Gasteiger partial charge in [0.25, 0.3) is 0 Å². The third-order valence-electron chi connectivity index (χ3n) is 1.93. The van der Waals surface area contributed by atoms with Crippen LogP contribution in [0, 0.1) is 6.92 Å². The minimum absolute atomic E-state index is 0.586. The van der Waals surface area contributed by atoms with Crippen molar-refractivity contribution in [3.05, 3.63) is 18.2 Å². The van der Waals surface area contributed by atoms with Gasteiger partial charge in [-0.3, -0.25) is 0 Å². The predicted molar refractivity (Wildman–Crippen MR) is 42.0 cm³/mol. The second kappa shape index (κ2) is 2.86. The molecule has 0 amide bonds. The van der Waals surface area contributed by atoms with Gasteiger partial charge in [-0.15, -0.1) is 0 Å². The summed E-state index contributed by atoms with van der Waals surface area (Å²) in [5.41, 5.74) is 1.24. The highest BCUT2D eigenvalue weighted by atomic mass is 15.1. The first-order valence-electron chi connectivity index (χ1n) is 3.74. The van der Waals surface area contributed by atoms with Gasteiger partial charge in [0, 0.05) is 17.9 Å². The average molecular weight is 138 g/mol. The second-order valence-corrected chi connectivity index (χ2v) is 2.70. The summed E-state index contributed by atoms with van der Waals surface area (Å²) in [5, 5.41) is 0. The lowest BCUT2D eigenvalue weighted by Crippen LogP contribution is -2.03. The number of imidazole rings is 1. The molecule has 1 heterocycles. The van der Waals surface area contributed by atoms with Crippen LogP contribution in [0.1, 0.15) is 32.0 Å². The normalized spacial score (nSPS) is 13.5. The maximum absolute atomic E-state index is 4.05. The van der Waals surface area contributed by atoms with Crippen LogP contribution >= 0.6 is 0 Å². The minimum Gasteiger partial charge on any atom is -0.332 e. The van der Waals surface area contributed by atoms with E-state index in [-0.39, 0.29) is 0 Å². The second-order valence-electron chi connectivity index (χ2n) is 2.70. The Hall–Kier alpha value is -0.790. The van der Waals surface area contributed by atoms with Crippen LogP contribution in [-0.2, 0) is 0 Å². The first kappa shape index (κ1) is 7.32. The molecular formula is C8H14N2. The van der Waals surface area contributed by atoms with E-state index >= 15 is 0 Å². The molecule has 0 aromatic carbocycles. The summed E-state index contributed by atoms with van der Waals surface area (Å²) >= 11 is 0. The van der Waals surface area contributed by atoms with Gasteiger partial charge in [0.2, 0.25) is 0 Å². The third kappa shape index (κ3) is 1.20. The van der Waals surface area contributed by atoms with Crippen LogP contribution in [0.2, 0.25) is 0 Å². The molecule has 0 aliphatic heterocycles. The lowest BCUT2D eigenvalue weighted by molar-refractivity contribution is 0.520. The average Bonchev–Trinajstić information content (AvgIpc) is 2.34. The summed E-state index contributed by atoms with van der Waals surface area (Å²) < 4.78 is 2.19. The first-order valence-corrected chi connectivity index (χ1v) is 3.74. The molecular weight excluding hydrogens is 124 g/mol. The molecule has 10 heavy (non-hydrogen) atoms. The Morgan fingerprint density at radius 2 is 2.40 bits per heavy atom.